The van der Waals surface area contributed by atoms with Gasteiger partial charge >= 0.3 is 0 Å². The van der Waals surface area contributed by atoms with Crippen LogP contribution in [0.1, 0.15) is 5.69 Å². The first-order valence-electron chi connectivity index (χ1n) is 4.23. The summed E-state index contributed by atoms with van der Waals surface area (Å²) < 4.78 is 0. The van der Waals surface area contributed by atoms with Crippen LogP contribution in [-0.2, 0) is 10.5 Å². The average molecular weight is 207 g/mol. The molecule has 1 aliphatic rings. The number of hydrogen-bond donors (Lipinski definition) is 1. The fraction of sp³-hybridized carbons (Fsp3) is 0.222. The summed E-state index contributed by atoms with van der Waals surface area (Å²) in [5.74, 6) is 0.633. The van der Waals surface area contributed by atoms with E-state index in [1.54, 1.807) is 6.20 Å². The van der Waals surface area contributed by atoms with Gasteiger partial charge in [0.25, 0.3) is 5.91 Å². The van der Waals surface area contributed by atoms with Crippen molar-refractivity contribution in [3.05, 3.63) is 30.1 Å². The minimum atomic E-state index is -0.103. The first kappa shape index (κ1) is 9.21. The summed E-state index contributed by atoms with van der Waals surface area (Å²) in [6, 6.07) is 5.77. The largest absolute Gasteiger partial charge is 0.355 e. The zero-order valence-electron chi connectivity index (χ0n) is 7.43. The van der Waals surface area contributed by atoms with Gasteiger partial charge in [-0.2, -0.15) is 4.99 Å². The molecule has 0 bridgehead atoms. The molecular weight excluding hydrogens is 198 g/mol. The summed E-state index contributed by atoms with van der Waals surface area (Å²) in [4.78, 5) is 18.8. The van der Waals surface area contributed by atoms with Gasteiger partial charge in [0.1, 0.15) is 0 Å². The lowest BCUT2D eigenvalue weighted by Crippen LogP contribution is -2.16. The molecule has 0 atom stereocenters. The Morgan fingerprint density at radius 3 is 3.07 bits per heavy atom. The number of hydrogen-bond acceptors (Lipinski definition) is 4. The minimum absolute atomic E-state index is 0.103. The quantitative estimate of drug-likeness (QED) is 0.779. The maximum Gasteiger partial charge on any atom is 0.267 e. The lowest BCUT2D eigenvalue weighted by molar-refractivity contribution is -0.116. The van der Waals surface area contributed by atoms with Crippen molar-refractivity contribution in [1.82, 2.24) is 10.3 Å². The van der Waals surface area contributed by atoms with Crippen LogP contribution in [0.4, 0.5) is 0 Å². The highest BCUT2D eigenvalue weighted by Crippen LogP contribution is 2.12. The van der Waals surface area contributed by atoms with Crippen molar-refractivity contribution in [3.63, 3.8) is 0 Å². The van der Waals surface area contributed by atoms with Gasteiger partial charge in [-0.15, -0.1) is 0 Å². The molecule has 1 amide bonds. The Morgan fingerprint density at radius 1 is 1.50 bits per heavy atom. The van der Waals surface area contributed by atoms with Gasteiger partial charge in [0.05, 0.1) is 12.2 Å². The van der Waals surface area contributed by atoms with Crippen LogP contribution >= 0.6 is 11.8 Å². The molecule has 4 nitrogen and oxygen atoms in total. The van der Waals surface area contributed by atoms with Crippen molar-refractivity contribution in [3.8, 4) is 0 Å². The SMILES string of the molecule is O=C1CNC(SCc2ccccn2)=N1. The Hall–Kier alpha value is -1.36. The van der Waals surface area contributed by atoms with Gasteiger partial charge in [0, 0.05) is 11.9 Å². The van der Waals surface area contributed by atoms with Gasteiger partial charge in [-0.1, -0.05) is 17.8 Å². The van der Waals surface area contributed by atoms with Gasteiger partial charge in [0.15, 0.2) is 5.17 Å². The molecule has 0 saturated carbocycles. The Labute approximate surface area is 85.8 Å². The van der Waals surface area contributed by atoms with Crippen LogP contribution in [-0.4, -0.2) is 22.6 Å². The molecular formula is C9H9N3OS. The smallest absolute Gasteiger partial charge is 0.267 e. The van der Waals surface area contributed by atoms with E-state index >= 15 is 0 Å². The van der Waals surface area contributed by atoms with Crippen LogP contribution in [0, 0.1) is 0 Å². The molecule has 2 rings (SSSR count). The van der Waals surface area contributed by atoms with Crippen molar-refractivity contribution in [2.24, 2.45) is 4.99 Å². The number of nitrogens with zero attached hydrogens (tertiary/aromatic N) is 2. The molecule has 5 heteroatoms. The number of thioether (sulfide) groups is 1. The lowest BCUT2D eigenvalue weighted by Gasteiger charge is -1.99. The van der Waals surface area contributed by atoms with Crippen molar-refractivity contribution in [2.75, 3.05) is 6.54 Å². The highest BCUT2D eigenvalue weighted by Gasteiger charge is 2.12. The molecule has 0 saturated heterocycles. The third-order valence-electron chi connectivity index (χ3n) is 1.70. The van der Waals surface area contributed by atoms with Crippen LogP contribution in [0.3, 0.4) is 0 Å². The van der Waals surface area contributed by atoms with Crippen molar-refractivity contribution < 1.29 is 4.79 Å². The molecule has 72 valence electrons. The number of carbonyl (C=O) groups excluding carboxylic acids is 1. The van der Waals surface area contributed by atoms with Crippen LogP contribution in [0.2, 0.25) is 0 Å². The van der Waals surface area contributed by atoms with E-state index in [4.69, 9.17) is 0 Å². The number of nitrogens with one attached hydrogen (secondary N) is 1. The van der Waals surface area contributed by atoms with Gasteiger partial charge in [0.2, 0.25) is 0 Å². The molecule has 0 radical (unpaired) electrons. The first-order chi connectivity index (χ1) is 6.84. The third kappa shape index (κ3) is 2.32. The predicted molar refractivity (Wildman–Crippen MR) is 56.0 cm³/mol. The Kier molecular flexibility index (Phi) is 2.78. The standard InChI is InChI=1S/C9H9N3OS/c13-8-5-11-9(12-8)14-6-7-3-1-2-4-10-7/h1-4H,5-6H2,(H,11,12,13). The Balaban J connectivity index is 1.89. The van der Waals surface area contributed by atoms with Crippen LogP contribution in [0.25, 0.3) is 0 Å². The summed E-state index contributed by atoms with van der Waals surface area (Å²) in [5, 5.41) is 3.61. The highest BCUT2D eigenvalue weighted by atomic mass is 32.2. The maximum atomic E-state index is 10.8. The Bertz CT molecular complexity index is 364. The molecule has 0 spiro atoms. The van der Waals surface area contributed by atoms with E-state index < -0.39 is 0 Å². The maximum absolute atomic E-state index is 10.8. The van der Waals surface area contributed by atoms with Crippen LogP contribution in [0.5, 0.6) is 0 Å². The molecule has 0 aliphatic carbocycles. The van der Waals surface area contributed by atoms with E-state index in [0.717, 1.165) is 11.4 Å². The number of carbonyl (C=O) groups is 1. The number of rotatable bonds is 2. The van der Waals surface area contributed by atoms with E-state index in [2.05, 4.69) is 15.3 Å². The summed E-state index contributed by atoms with van der Waals surface area (Å²) in [5.41, 5.74) is 0.987. The fourth-order valence-electron chi connectivity index (χ4n) is 1.05. The van der Waals surface area contributed by atoms with Crippen LogP contribution < -0.4 is 5.32 Å². The summed E-state index contributed by atoms with van der Waals surface area (Å²) in [6.45, 7) is 0.324. The van der Waals surface area contributed by atoms with E-state index in [-0.39, 0.29) is 5.91 Å². The average Bonchev–Trinajstić information content (AvgIpc) is 2.63. The lowest BCUT2D eigenvalue weighted by atomic mass is 10.4. The molecule has 14 heavy (non-hydrogen) atoms. The zero-order chi connectivity index (χ0) is 9.80. The predicted octanol–water partition coefficient (Wildman–Crippen LogP) is 0.801. The number of pyridine rings is 1. The van der Waals surface area contributed by atoms with E-state index in [0.29, 0.717) is 11.7 Å². The number of aliphatic imine (C=N–C) groups is 1. The summed E-state index contributed by atoms with van der Waals surface area (Å²) in [6.07, 6.45) is 1.75. The minimum Gasteiger partial charge on any atom is -0.355 e. The number of amidine groups is 1. The van der Waals surface area contributed by atoms with Crippen molar-refractivity contribution in [1.29, 1.82) is 0 Å². The summed E-state index contributed by atoms with van der Waals surface area (Å²) in [7, 11) is 0. The number of aromatic nitrogens is 1. The monoisotopic (exact) mass is 207 g/mol. The molecule has 1 aromatic rings. The van der Waals surface area contributed by atoms with Gasteiger partial charge in [-0.05, 0) is 12.1 Å². The molecule has 1 aliphatic heterocycles. The second kappa shape index (κ2) is 4.23. The van der Waals surface area contributed by atoms with E-state index in [9.17, 15) is 4.79 Å². The molecule has 1 aromatic heterocycles. The van der Waals surface area contributed by atoms with Gasteiger partial charge in [-0.25, -0.2) is 0 Å². The molecule has 1 N–H and O–H groups in total. The molecule has 0 unspecified atom stereocenters. The topological polar surface area (TPSA) is 54.4 Å². The van der Waals surface area contributed by atoms with Gasteiger partial charge < -0.3 is 5.32 Å². The first-order valence-corrected chi connectivity index (χ1v) is 5.21. The fourth-order valence-corrected chi connectivity index (χ4v) is 1.85. The second-order valence-electron chi connectivity index (χ2n) is 2.77. The van der Waals surface area contributed by atoms with Crippen molar-refractivity contribution in [2.45, 2.75) is 5.75 Å². The molecule has 2 heterocycles. The van der Waals surface area contributed by atoms with E-state index in [1.165, 1.54) is 11.8 Å². The highest BCUT2D eigenvalue weighted by molar-refractivity contribution is 8.13. The normalized spacial score (nSPS) is 15.1. The van der Waals surface area contributed by atoms with Crippen LogP contribution in [0.15, 0.2) is 29.4 Å². The zero-order valence-corrected chi connectivity index (χ0v) is 8.25. The number of amides is 1. The molecule has 0 aromatic carbocycles. The van der Waals surface area contributed by atoms with E-state index in [1.807, 2.05) is 18.2 Å². The summed E-state index contributed by atoms with van der Waals surface area (Å²) >= 11 is 1.50. The van der Waals surface area contributed by atoms with Gasteiger partial charge in [-0.3, -0.25) is 9.78 Å². The Morgan fingerprint density at radius 2 is 2.43 bits per heavy atom. The third-order valence-corrected chi connectivity index (χ3v) is 2.65. The molecule has 0 fully saturated rings. The van der Waals surface area contributed by atoms with Crippen molar-refractivity contribution >= 4 is 22.8 Å². The second-order valence-corrected chi connectivity index (χ2v) is 3.74.